The van der Waals surface area contributed by atoms with Crippen molar-refractivity contribution in [2.24, 2.45) is 0 Å². The molecule has 2 aliphatic rings. The smallest absolute Gasteiger partial charge is 0.237 e. The molecule has 2 fully saturated rings. The normalized spacial score (nSPS) is 23.1. The molecule has 0 aliphatic carbocycles. The van der Waals surface area contributed by atoms with Crippen molar-refractivity contribution in [1.82, 2.24) is 20.4 Å². The van der Waals surface area contributed by atoms with Crippen molar-refractivity contribution in [2.45, 2.75) is 18.9 Å². The lowest BCUT2D eigenvalue weighted by molar-refractivity contribution is -0.122. The standard InChI is InChI=1S/C12H24N4O.3ClH/c1-15-7-9-16(10-8-15)6-5-14-12(17)11-3-2-4-13-11;;;/h11,13H,2-10H2,1H3,(H,14,17);3*1H/t11-;;;/m0.../s1. The fourth-order valence-electron chi connectivity index (χ4n) is 2.44. The third kappa shape index (κ3) is 7.29. The van der Waals surface area contributed by atoms with E-state index in [0.29, 0.717) is 0 Å². The van der Waals surface area contributed by atoms with Gasteiger partial charge in [-0.05, 0) is 26.4 Å². The van der Waals surface area contributed by atoms with Crippen molar-refractivity contribution >= 4 is 43.1 Å². The molecule has 2 aliphatic heterocycles. The Morgan fingerprint density at radius 2 is 1.85 bits per heavy atom. The Labute approximate surface area is 140 Å². The van der Waals surface area contributed by atoms with Gasteiger partial charge in [0.1, 0.15) is 0 Å². The van der Waals surface area contributed by atoms with Gasteiger partial charge in [-0.25, -0.2) is 0 Å². The molecular weight excluding hydrogens is 323 g/mol. The molecule has 1 atom stereocenters. The van der Waals surface area contributed by atoms with Crippen LogP contribution >= 0.6 is 37.2 Å². The lowest BCUT2D eigenvalue weighted by atomic mass is 10.2. The quantitative estimate of drug-likeness (QED) is 0.770. The third-order valence-electron chi connectivity index (χ3n) is 3.70. The zero-order chi connectivity index (χ0) is 12.1. The van der Waals surface area contributed by atoms with E-state index < -0.39 is 0 Å². The maximum atomic E-state index is 11.7. The molecule has 0 bridgehead atoms. The molecule has 2 heterocycles. The summed E-state index contributed by atoms with van der Waals surface area (Å²) < 4.78 is 0. The number of hydrogen-bond donors (Lipinski definition) is 2. The highest BCUT2D eigenvalue weighted by atomic mass is 35.5. The molecule has 0 saturated carbocycles. The molecular formula is C12H27Cl3N4O. The van der Waals surface area contributed by atoms with E-state index in [1.54, 1.807) is 0 Å². The molecule has 0 unspecified atom stereocenters. The highest BCUT2D eigenvalue weighted by Gasteiger charge is 2.21. The summed E-state index contributed by atoms with van der Waals surface area (Å²) >= 11 is 0. The Hall–Kier alpha value is 0.220. The van der Waals surface area contributed by atoms with Gasteiger partial charge in [-0.15, -0.1) is 37.2 Å². The summed E-state index contributed by atoms with van der Waals surface area (Å²) in [7, 11) is 2.16. The van der Waals surface area contributed by atoms with Crippen LogP contribution in [0.2, 0.25) is 0 Å². The van der Waals surface area contributed by atoms with E-state index in [2.05, 4.69) is 27.5 Å². The maximum absolute atomic E-state index is 11.7. The molecule has 2 rings (SSSR count). The van der Waals surface area contributed by atoms with Crippen LogP contribution in [0.5, 0.6) is 0 Å². The van der Waals surface area contributed by atoms with E-state index in [1.165, 1.54) is 0 Å². The summed E-state index contributed by atoms with van der Waals surface area (Å²) in [6.07, 6.45) is 2.11. The Bertz CT molecular complexity index is 257. The molecule has 5 nitrogen and oxygen atoms in total. The number of nitrogens with one attached hydrogen (secondary N) is 2. The summed E-state index contributed by atoms with van der Waals surface area (Å²) in [4.78, 5) is 16.5. The lowest BCUT2D eigenvalue weighted by Gasteiger charge is -2.32. The first kappa shape index (κ1) is 22.5. The molecule has 2 N–H and O–H groups in total. The lowest BCUT2D eigenvalue weighted by Crippen LogP contribution is -2.48. The van der Waals surface area contributed by atoms with E-state index in [4.69, 9.17) is 0 Å². The first-order valence-electron chi connectivity index (χ1n) is 6.68. The zero-order valence-electron chi connectivity index (χ0n) is 12.0. The van der Waals surface area contributed by atoms with Gasteiger partial charge in [0, 0.05) is 39.3 Å². The van der Waals surface area contributed by atoms with Gasteiger partial charge in [-0.1, -0.05) is 0 Å². The average Bonchev–Trinajstić information content (AvgIpc) is 2.85. The van der Waals surface area contributed by atoms with E-state index in [-0.39, 0.29) is 49.2 Å². The molecule has 0 radical (unpaired) electrons. The average molecular weight is 350 g/mol. The number of likely N-dealkylation sites (N-methyl/N-ethyl adjacent to an activating group) is 1. The van der Waals surface area contributed by atoms with Crippen LogP contribution in [-0.4, -0.2) is 74.6 Å². The van der Waals surface area contributed by atoms with Crippen LogP contribution in [0.3, 0.4) is 0 Å². The molecule has 122 valence electrons. The number of carbonyl (C=O) groups is 1. The minimum Gasteiger partial charge on any atom is -0.353 e. The number of piperazine rings is 1. The Balaban J connectivity index is 0. The minimum atomic E-state index is 0. The van der Waals surface area contributed by atoms with Crippen molar-refractivity contribution in [2.75, 3.05) is 52.9 Å². The SMILES string of the molecule is CN1CCN(CCNC(=O)[C@@H]2CCCN2)CC1.Cl.Cl.Cl. The topological polar surface area (TPSA) is 47.6 Å². The largest absolute Gasteiger partial charge is 0.353 e. The van der Waals surface area contributed by atoms with Crippen molar-refractivity contribution in [3.05, 3.63) is 0 Å². The van der Waals surface area contributed by atoms with Gasteiger partial charge in [0.2, 0.25) is 5.91 Å². The van der Waals surface area contributed by atoms with Gasteiger partial charge in [0.15, 0.2) is 0 Å². The molecule has 0 spiro atoms. The highest BCUT2D eigenvalue weighted by molar-refractivity contribution is 5.86. The predicted molar refractivity (Wildman–Crippen MR) is 89.7 cm³/mol. The number of halogens is 3. The second-order valence-corrected chi connectivity index (χ2v) is 5.08. The maximum Gasteiger partial charge on any atom is 0.237 e. The van der Waals surface area contributed by atoms with Crippen LogP contribution in [0.1, 0.15) is 12.8 Å². The molecule has 2 saturated heterocycles. The second-order valence-electron chi connectivity index (χ2n) is 5.08. The van der Waals surface area contributed by atoms with Crippen molar-refractivity contribution < 1.29 is 4.79 Å². The van der Waals surface area contributed by atoms with Crippen LogP contribution in [0.15, 0.2) is 0 Å². The summed E-state index contributed by atoms with van der Waals surface area (Å²) in [5, 5.41) is 6.24. The molecule has 0 aromatic carbocycles. The predicted octanol–water partition coefficient (Wildman–Crippen LogP) is 0.367. The molecule has 0 aromatic heterocycles. The van der Waals surface area contributed by atoms with Crippen molar-refractivity contribution in [3.63, 3.8) is 0 Å². The molecule has 0 aromatic rings. The Morgan fingerprint density at radius 1 is 1.20 bits per heavy atom. The number of rotatable bonds is 4. The number of nitrogens with zero attached hydrogens (tertiary/aromatic N) is 2. The van der Waals surface area contributed by atoms with Gasteiger partial charge in [0.25, 0.3) is 0 Å². The van der Waals surface area contributed by atoms with Gasteiger partial charge in [-0.3, -0.25) is 9.69 Å². The van der Waals surface area contributed by atoms with E-state index in [9.17, 15) is 4.79 Å². The van der Waals surface area contributed by atoms with Gasteiger partial charge in [-0.2, -0.15) is 0 Å². The Kier molecular flexibility index (Phi) is 13.3. The number of amides is 1. The minimum absolute atomic E-state index is 0. The second kappa shape index (κ2) is 11.8. The summed E-state index contributed by atoms with van der Waals surface area (Å²) in [5.41, 5.74) is 0. The zero-order valence-corrected chi connectivity index (χ0v) is 14.4. The summed E-state index contributed by atoms with van der Waals surface area (Å²) in [5.74, 6) is 0.177. The fraction of sp³-hybridized carbons (Fsp3) is 0.917. The van der Waals surface area contributed by atoms with E-state index in [1.807, 2.05) is 0 Å². The van der Waals surface area contributed by atoms with E-state index in [0.717, 1.165) is 58.7 Å². The summed E-state index contributed by atoms with van der Waals surface area (Å²) in [6, 6.07) is 0.0579. The molecule has 1 amide bonds. The number of hydrogen-bond acceptors (Lipinski definition) is 4. The van der Waals surface area contributed by atoms with E-state index >= 15 is 0 Å². The first-order chi connectivity index (χ1) is 8.25. The number of carbonyl (C=O) groups excluding carboxylic acids is 1. The van der Waals surface area contributed by atoms with Crippen LogP contribution < -0.4 is 10.6 Å². The fourth-order valence-corrected chi connectivity index (χ4v) is 2.44. The van der Waals surface area contributed by atoms with Crippen LogP contribution in [0.25, 0.3) is 0 Å². The van der Waals surface area contributed by atoms with Crippen LogP contribution in [0, 0.1) is 0 Å². The van der Waals surface area contributed by atoms with Crippen LogP contribution in [-0.2, 0) is 4.79 Å². The first-order valence-corrected chi connectivity index (χ1v) is 6.68. The molecule has 20 heavy (non-hydrogen) atoms. The highest BCUT2D eigenvalue weighted by Crippen LogP contribution is 2.04. The van der Waals surface area contributed by atoms with Gasteiger partial charge < -0.3 is 15.5 Å². The van der Waals surface area contributed by atoms with Crippen molar-refractivity contribution in [1.29, 1.82) is 0 Å². The Morgan fingerprint density at radius 3 is 2.40 bits per heavy atom. The van der Waals surface area contributed by atoms with Gasteiger partial charge >= 0.3 is 0 Å². The van der Waals surface area contributed by atoms with Gasteiger partial charge in [0.05, 0.1) is 6.04 Å². The van der Waals surface area contributed by atoms with Crippen molar-refractivity contribution in [3.8, 4) is 0 Å². The van der Waals surface area contributed by atoms with Crippen LogP contribution in [0.4, 0.5) is 0 Å². The molecule has 8 heteroatoms. The third-order valence-corrected chi connectivity index (χ3v) is 3.70. The summed E-state index contributed by atoms with van der Waals surface area (Å²) in [6.45, 7) is 7.25. The monoisotopic (exact) mass is 348 g/mol.